The average molecular weight is 313 g/mol. The summed E-state index contributed by atoms with van der Waals surface area (Å²) in [6, 6.07) is 10.1. The maximum atomic E-state index is 12.2. The van der Waals surface area contributed by atoms with Gasteiger partial charge < -0.3 is 14.7 Å². The molecular weight excluding hydrogens is 290 g/mol. The molecule has 0 atom stereocenters. The van der Waals surface area contributed by atoms with Crippen LogP contribution in [0, 0.1) is 0 Å². The van der Waals surface area contributed by atoms with E-state index in [9.17, 15) is 4.79 Å². The maximum Gasteiger partial charge on any atom is 0.277 e. The number of hydrogen-bond acceptors (Lipinski definition) is 4. The molecule has 122 valence electrons. The second kappa shape index (κ2) is 6.44. The van der Waals surface area contributed by atoms with E-state index in [2.05, 4.69) is 36.1 Å². The second-order valence-electron chi connectivity index (χ2n) is 6.27. The Morgan fingerprint density at radius 2 is 2.04 bits per heavy atom. The molecule has 0 bridgehead atoms. The summed E-state index contributed by atoms with van der Waals surface area (Å²) in [4.78, 5) is 14.5. The zero-order valence-electron chi connectivity index (χ0n) is 13.9. The Balaban J connectivity index is 1.66. The van der Waals surface area contributed by atoms with Crippen LogP contribution in [0.4, 0.5) is 11.4 Å². The summed E-state index contributed by atoms with van der Waals surface area (Å²) in [5.74, 6) is 1.05. The van der Waals surface area contributed by atoms with Crippen LogP contribution in [0.25, 0.3) is 0 Å². The number of anilines is 2. The van der Waals surface area contributed by atoms with Gasteiger partial charge in [0.25, 0.3) is 5.91 Å². The minimum absolute atomic E-state index is 0.232. The normalized spacial score (nSPS) is 14.1. The first-order valence-electron chi connectivity index (χ1n) is 8.23. The SMILES string of the molecule is CCN(c1ccc(NC(=O)c2cc(C3CC3)on2)cc1)C(C)C. The smallest absolute Gasteiger partial charge is 0.277 e. The lowest BCUT2D eigenvalue weighted by molar-refractivity contribution is 0.101. The van der Waals surface area contributed by atoms with Gasteiger partial charge in [-0.1, -0.05) is 5.16 Å². The van der Waals surface area contributed by atoms with E-state index < -0.39 is 0 Å². The van der Waals surface area contributed by atoms with E-state index in [-0.39, 0.29) is 5.91 Å². The van der Waals surface area contributed by atoms with Gasteiger partial charge in [0.05, 0.1) is 0 Å². The van der Waals surface area contributed by atoms with Gasteiger partial charge in [-0.2, -0.15) is 0 Å². The van der Waals surface area contributed by atoms with Gasteiger partial charge in [0.15, 0.2) is 5.69 Å². The number of carbonyl (C=O) groups is 1. The molecule has 1 aromatic heterocycles. The molecule has 5 heteroatoms. The average Bonchev–Trinajstić information content (AvgIpc) is 3.26. The standard InChI is InChI=1S/C18H23N3O2/c1-4-21(12(2)3)15-9-7-14(8-10-15)19-18(22)16-11-17(23-20-16)13-5-6-13/h7-13H,4-6H2,1-3H3,(H,19,22). The fraction of sp³-hybridized carbons (Fsp3) is 0.444. The number of nitrogens with zero attached hydrogens (tertiary/aromatic N) is 2. The Bertz CT molecular complexity index is 672. The third-order valence-electron chi connectivity index (χ3n) is 4.16. The van der Waals surface area contributed by atoms with Crippen molar-refractivity contribution in [3.8, 4) is 0 Å². The molecule has 0 saturated heterocycles. The third kappa shape index (κ3) is 3.55. The highest BCUT2D eigenvalue weighted by molar-refractivity contribution is 6.02. The first-order valence-corrected chi connectivity index (χ1v) is 8.23. The van der Waals surface area contributed by atoms with Crippen LogP contribution in [0.15, 0.2) is 34.9 Å². The zero-order valence-corrected chi connectivity index (χ0v) is 13.9. The lowest BCUT2D eigenvalue weighted by Gasteiger charge is -2.27. The van der Waals surface area contributed by atoms with Gasteiger partial charge in [0.1, 0.15) is 5.76 Å². The molecule has 2 aromatic rings. The van der Waals surface area contributed by atoms with Crippen molar-refractivity contribution in [1.29, 1.82) is 0 Å². The first kappa shape index (κ1) is 15.6. The lowest BCUT2D eigenvalue weighted by atomic mass is 10.2. The summed E-state index contributed by atoms with van der Waals surface area (Å²) in [6.07, 6.45) is 2.25. The molecule has 1 heterocycles. The predicted octanol–water partition coefficient (Wildman–Crippen LogP) is 4.04. The van der Waals surface area contributed by atoms with Crippen LogP contribution in [-0.4, -0.2) is 23.7 Å². The molecule has 1 saturated carbocycles. The Morgan fingerprint density at radius 3 is 2.61 bits per heavy atom. The van der Waals surface area contributed by atoms with Gasteiger partial charge in [0, 0.05) is 35.9 Å². The van der Waals surface area contributed by atoms with Crippen LogP contribution in [0.3, 0.4) is 0 Å². The lowest BCUT2D eigenvalue weighted by Crippen LogP contribution is -2.30. The number of carbonyl (C=O) groups excluding carboxylic acids is 1. The van der Waals surface area contributed by atoms with Gasteiger partial charge in [-0.05, 0) is 57.9 Å². The van der Waals surface area contributed by atoms with Crippen LogP contribution in [0.5, 0.6) is 0 Å². The number of benzene rings is 1. The van der Waals surface area contributed by atoms with E-state index in [0.717, 1.165) is 36.5 Å². The highest BCUT2D eigenvalue weighted by atomic mass is 16.5. The molecule has 0 unspecified atom stereocenters. The summed E-state index contributed by atoms with van der Waals surface area (Å²) in [6.45, 7) is 7.42. The molecule has 23 heavy (non-hydrogen) atoms. The topological polar surface area (TPSA) is 58.4 Å². The number of aromatic nitrogens is 1. The number of rotatable bonds is 6. The van der Waals surface area contributed by atoms with Crippen molar-refractivity contribution in [2.75, 3.05) is 16.8 Å². The van der Waals surface area contributed by atoms with Gasteiger partial charge in [0.2, 0.25) is 0 Å². The maximum absolute atomic E-state index is 12.2. The summed E-state index contributed by atoms with van der Waals surface area (Å²) >= 11 is 0. The third-order valence-corrected chi connectivity index (χ3v) is 4.16. The molecule has 3 rings (SSSR count). The largest absolute Gasteiger partial charge is 0.369 e. The van der Waals surface area contributed by atoms with Crippen LogP contribution in [0.2, 0.25) is 0 Å². The van der Waals surface area contributed by atoms with E-state index >= 15 is 0 Å². The molecular formula is C18H23N3O2. The Hall–Kier alpha value is -2.30. The molecule has 0 radical (unpaired) electrons. The molecule has 0 aliphatic heterocycles. The van der Waals surface area contributed by atoms with Crippen LogP contribution < -0.4 is 10.2 Å². The first-order chi connectivity index (χ1) is 11.1. The molecule has 1 amide bonds. The van der Waals surface area contributed by atoms with Crippen molar-refractivity contribution >= 4 is 17.3 Å². The van der Waals surface area contributed by atoms with E-state index in [1.165, 1.54) is 0 Å². The molecule has 5 nitrogen and oxygen atoms in total. The van der Waals surface area contributed by atoms with Gasteiger partial charge in [-0.3, -0.25) is 4.79 Å². The molecule has 1 aromatic carbocycles. The summed E-state index contributed by atoms with van der Waals surface area (Å²) in [5, 5.41) is 6.72. The Kier molecular flexibility index (Phi) is 4.37. The fourth-order valence-corrected chi connectivity index (χ4v) is 2.73. The number of nitrogens with one attached hydrogen (secondary N) is 1. The van der Waals surface area contributed by atoms with E-state index in [1.807, 2.05) is 24.3 Å². The molecule has 1 N–H and O–H groups in total. The highest BCUT2D eigenvalue weighted by Gasteiger charge is 2.28. The van der Waals surface area contributed by atoms with Crippen molar-refractivity contribution in [3.05, 3.63) is 41.8 Å². The van der Waals surface area contributed by atoms with Crippen LogP contribution in [0.1, 0.15) is 55.8 Å². The van der Waals surface area contributed by atoms with E-state index in [1.54, 1.807) is 6.07 Å². The van der Waals surface area contributed by atoms with Crippen molar-refractivity contribution in [2.45, 2.75) is 45.6 Å². The second-order valence-corrected chi connectivity index (χ2v) is 6.27. The number of hydrogen-bond donors (Lipinski definition) is 1. The van der Waals surface area contributed by atoms with Crippen molar-refractivity contribution in [3.63, 3.8) is 0 Å². The van der Waals surface area contributed by atoms with Crippen LogP contribution in [-0.2, 0) is 0 Å². The minimum Gasteiger partial charge on any atom is -0.369 e. The van der Waals surface area contributed by atoms with E-state index in [0.29, 0.717) is 17.7 Å². The van der Waals surface area contributed by atoms with Crippen molar-refractivity contribution in [2.24, 2.45) is 0 Å². The quantitative estimate of drug-likeness (QED) is 0.874. The summed E-state index contributed by atoms with van der Waals surface area (Å²) in [5.41, 5.74) is 2.25. The molecule has 1 fully saturated rings. The molecule has 1 aliphatic carbocycles. The Labute approximate surface area is 136 Å². The van der Waals surface area contributed by atoms with E-state index in [4.69, 9.17) is 4.52 Å². The molecule has 1 aliphatic rings. The summed E-state index contributed by atoms with van der Waals surface area (Å²) < 4.78 is 5.22. The van der Waals surface area contributed by atoms with Gasteiger partial charge in [-0.15, -0.1) is 0 Å². The van der Waals surface area contributed by atoms with Crippen molar-refractivity contribution in [1.82, 2.24) is 5.16 Å². The monoisotopic (exact) mass is 313 g/mol. The molecule has 0 spiro atoms. The van der Waals surface area contributed by atoms with Gasteiger partial charge in [-0.25, -0.2) is 0 Å². The van der Waals surface area contributed by atoms with Crippen LogP contribution >= 0.6 is 0 Å². The van der Waals surface area contributed by atoms with Crippen molar-refractivity contribution < 1.29 is 9.32 Å². The fourth-order valence-electron chi connectivity index (χ4n) is 2.73. The minimum atomic E-state index is -0.232. The summed E-state index contributed by atoms with van der Waals surface area (Å²) in [7, 11) is 0. The predicted molar refractivity (Wildman–Crippen MR) is 91.0 cm³/mol. The Morgan fingerprint density at radius 1 is 1.35 bits per heavy atom. The zero-order chi connectivity index (χ0) is 16.4. The van der Waals surface area contributed by atoms with Gasteiger partial charge >= 0.3 is 0 Å². The number of amides is 1. The highest BCUT2D eigenvalue weighted by Crippen LogP contribution is 2.40.